The third-order valence-electron chi connectivity index (χ3n) is 5.31. The molecule has 1 aromatic heterocycles. The summed E-state index contributed by atoms with van der Waals surface area (Å²) in [6.45, 7) is 3.97. The lowest BCUT2D eigenvalue weighted by molar-refractivity contribution is -0.763. The van der Waals surface area contributed by atoms with E-state index in [2.05, 4.69) is 4.98 Å². The second kappa shape index (κ2) is 7.73. The van der Waals surface area contributed by atoms with Gasteiger partial charge in [-0.3, -0.25) is 14.6 Å². The van der Waals surface area contributed by atoms with Crippen LogP contribution in [0.25, 0.3) is 11.3 Å². The van der Waals surface area contributed by atoms with Crippen LogP contribution in [0.5, 0.6) is 11.5 Å². The number of hydrogen-bond acceptors (Lipinski definition) is 6. The number of para-hydroxylation sites is 1. The maximum atomic E-state index is 13.2. The Hall–Kier alpha value is -3.33. The fourth-order valence-electron chi connectivity index (χ4n) is 3.99. The maximum Gasteiger partial charge on any atom is 0.325 e. The van der Waals surface area contributed by atoms with Gasteiger partial charge in [0, 0.05) is 17.1 Å². The molecule has 2 aromatic carbocycles. The summed E-state index contributed by atoms with van der Waals surface area (Å²) >= 11 is 1.44. The van der Waals surface area contributed by atoms with Crippen molar-refractivity contribution < 1.29 is 19.0 Å². The predicted octanol–water partition coefficient (Wildman–Crippen LogP) is 2.87. The maximum absolute atomic E-state index is 13.2. The van der Waals surface area contributed by atoms with E-state index in [1.807, 2.05) is 56.3 Å². The number of ether oxygens (including phenoxy) is 2. The largest absolute Gasteiger partial charge is 0.454 e. The highest BCUT2D eigenvalue weighted by Gasteiger charge is 2.45. The molecule has 3 heterocycles. The third-order valence-corrected chi connectivity index (χ3v) is 6.05. The fraction of sp³-hybridized carbons (Fsp3) is 0.273. The van der Waals surface area contributed by atoms with Gasteiger partial charge < -0.3 is 9.47 Å². The monoisotopic (exact) mass is 437 g/mol. The first-order valence-electron chi connectivity index (χ1n) is 10.1. The van der Waals surface area contributed by atoms with Crippen LogP contribution in [-0.2, 0) is 4.79 Å². The average Bonchev–Trinajstić information content (AvgIpc) is 3.25. The van der Waals surface area contributed by atoms with Crippen LogP contribution in [0.15, 0.2) is 52.4 Å². The van der Waals surface area contributed by atoms with Crippen LogP contribution in [0.1, 0.15) is 32.0 Å². The number of fused-ring (bicyclic) bond motifs is 4. The second-order valence-corrected chi connectivity index (χ2v) is 8.36. The predicted molar refractivity (Wildman–Crippen MR) is 115 cm³/mol. The molecule has 5 rings (SSSR count). The van der Waals surface area contributed by atoms with Crippen LogP contribution >= 0.6 is 11.8 Å². The van der Waals surface area contributed by atoms with Gasteiger partial charge in [-0.05, 0) is 40.8 Å². The summed E-state index contributed by atoms with van der Waals surface area (Å²) < 4.78 is 12.7. The van der Waals surface area contributed by atoms with Crippen molar-refractivity contribution in [3.63, 3.8) is 0 Å². The van der Waals surface area contributed by atoms with Crippen molar-refractivity contribution in [2.45, 2.75) is 31.6 Å². The lowest BCUT2D eigenvalue weighted by Gasteiger charge is -2.32. The van der Waals surface area contributed by atoms with Gasteiger partial charge in [0.2, 0.25) is 17.9 Å². The van der Waals surface area contributed by atoms with Crippen LogP contribution in [0.4, 0.5) is 5.69 Å². The molecular weight excluding hydrogens is 416 g/mol. The molecule has 2 aliphatic heterocycles. The van der Waals surface area contributed by atoms with E-state index in [0.29, 0.717) is 40.0 Å². The van der Waals surface area contributed by atoms with Crippen molar-refractivity contribution in [1.82, 2.24) is 10.1 Å². The minimum atomic E-state index is -0.634. The van der Waals surface area contributed by atoms with Crippen molar-refractivity contribution in [3.05, 3.63) is 58.4 Å². The van der Waals surface area contributed by atoms with Crippen molar-refractivity contribution in [2.24, 2.45) is 0 Å². The highest BCUT2D eigenvalue weighted by molar-refractivity contribution is 7.99. The van der Waals surface area contributed by atoms with Crippen molar-refractivity contribution in [2.75, 3.05) is 17.4 Å². The summed E-state index contributed by atoms with van der Waals surface area (Å²) in [5, 5.41) is 5.24. The van der Waals surface area contributed by atoms with Gasteiger partial charge in [0.1, 0.15) is 0 Å². The molecule has 158 valence electrons. The Morgan fingerprint density at radius 3 is 2.84 bits per heavy atom. The molecule has 1 N–H and O–H groups in total. The number of amides is 1. The Morgan fingerprint density at radius 2 is 2.03 bits per heavy atom. The molecule has 8 nitrogen and oxygen atoms in total. The molecule has 1 amide bonds. The molecule has 0 spiro atoms. The highest BCUT2D eigenvalue weighted by Crippen LogP contribution is 2.40. The summed E-state index contributed by atoms with van der Waals surface area (Å²) in [5.41, 5.74) is 2.30. The van der Waals surface area contributed by atoms with Gasteiger partial charge in [-0.1, -0.05) is 37.7 Å². The third kappa shape index (κ3) is 3.16. The zero-order valence-corrected chi connectivity index (χ0v) is 17.9. The van der Waals surface area contributed by atoms with E-state index in [0.717, 1.165) is 11.3 Å². The summed E-state index contributed by atoms with van der Waals surface area (Å²) in [7, 11) is 0. The van der Waals surface area contributed by atoms with E-state index in [1.165, 1.54) is 11.8 Å². The number of nitrogens with one attached hydrogen (secondary N) is 1. The van der Waals surface area contributed by atoms with E-state index in [9.17, 15) is 9.59 Å². The van der Waals surface area contributed by atoms with Crippen LogP contribution < -0.4 is 24.6 Å². The number of rotatable bonds is 4. The molecular formula is C22H21N4O4S+. The molecule has 1 unspecified atom stereocenters. The van der Waals surface area contributed by atoms with Crippen molar-refractivity contribution in [1.29, 1.82) is 0 Å². The quantitative estimate of drug-likeness (QED) is 0.499. The molecule has 0 aliphatic carbocycles. The van der Waals surface area contributed by atoms with Gasteiger partial charge in [-0.15, -0.1) is 0 Å². The van der Waals surface area contributed by atoms with Gasteiger partial charge >= 0.3 is 11.3 Å². The first-order valence-corrected chi connectivity index (χ1v) is 11.1. The zero-order valence-electron chi connectivity index (χ0n) is 17.1. The van der Waals surface area contributed by atoms with Gasteiger partial charge in [0.05, 0.1) is 11.3 Å². The van der Waals surface area contributed by atoms with Crippen molar-refractivity contribution in [3.8, 4) is 22.8 Å². The number of aromatic nitrogens is 3. The minimum absolute atomic E-state index is 0.0694. The topological polar surface area (TPSA) is 88.4 Å². The first-order chi connectivity index (χ1) is 15.1. The number of benzene rings is 2. The highest BCUT2D eigenvalue weighted by atomic mass is 32.2. The Morgan fingerprint density at radius 1 is 1.23 bits per heavy atom. The second-order valence-electron chi connectivity index (χ2n) is 7.11. The summed E-state index contributed by atoms with van der Waals surface area (Å²) in [4.78, 5) is 30.9. The van der Waals surface area contributed by atoms with Crippen LogP contribution in [-0.4, -0.2) is 28.5 Å². The summed E-state index contributed by atoms with van der Waals surface area (Å²) in [6.07, 6.45) is -0.323. The average molecular weight is 438 g/mol. The molecule has 0 fully saturated rings. The number of hydrogen-bond donors (Lipinski definition) is 1. The molecule has 9 heteroatoms. The minimum Gasteiger partial charge on any atom is -0.454 e. The van der Waals surface area contributed by atoms with Gasteiger partial charge in [-0.25, -0.2) is 4.90 Å². The standard InChI is InChI=1S/C22H20N4O4S/c1-3-18(27)25-15-8-6-5-7-14(15)19-20(28)23-22(31-4-2)24-26(19)21(25)13-9-10-16-17(11-13)30-12-29-16/h5-11,21H,3-4,12H2,1-2H3/p+1. The smallest absolute Gasteiger partial charge is 0.325 e. The molecule has 3 aromatic rings. The van der Waals surface area contributed by atoms with Gasteiger partial charge in [0.25, 0.3) is 6.17 Å². The molecule has 31 heavy (non-hydrogen) atoms. The van der Waals surface area contributed by atoms with E-state index >= 15 is 0 Å². The summed E-state index contributed by atoms with van der Waals surface area (Å²) in [5.74, 6) is 1.95. The van der Waals surface area contributed by atoms with Crippen molar-refractivity contribution >= 4 is 23.4 Å². The Kier molecular flexibility index (Phi) is 4.90. The number of carbonyl (C=O) groups excluding carboxylic acids is 1. The number of nitrogens with zero attached hydrogens (tertiary/aromatic N) is 3. The normalized spacial score (nSPS) is 16.1. The SMILES string of the molecule is CCSc1n[n+]2c(c(=O)[nH]1)-c1ccccc1N(C(=O)CC)C2c1ccc2c(c1)OCO2. The van der Waals surface area contributed by atoms with Gasteiger partial charge in [-0.2, -0.15) is 0 Å². The number of thioether (sulfide) groups is 1. The Balaban J connectivity index is 1.81. The Labute approximate surface area is 182 Å². The van der Waals surface area contributed by atoms with E-state index in [4.69, 9.17) is 14.6 Å². The molecule has 0 saturated carbocycles. The number of aromatic amines is 1. The zero-order chi connectivity index (χ0) is 21.5. The lowest BCUT2D eigenvalue weighted by Crippen LogP contribution is -2.60. The Bertz CT molecular complexity index is 1240. The molecule has 0 radical (unpaired) electrons. The molecule has 2 aliphatic rings. The molecule has 1 atom stereocenters. The fourth-order valence-corrected chi connectivity index (χ4v) is 4.57. The summed E-state index contributed by atoms with van der Waals surface area (Å²) in [6, 6.07) is 13.0. The van der Waals surface area contributed by atoms with Crippen LogP contribution in [0.3, 0.4) is 0 Å². The van der Waals surface area contributed by atoms with E-state index in [-0.39, 0.29) is 18.3 Å². The van der Waals surface area contributed by atoms with Crippen LogP contribution in [0.2, 0.25) is 0 Å². The number of H-pyrrole nitrogens is 1. The number of carbonyl (C=O) groups is 1. The molecule has 0 bridgehead atoms. The molecule has 0 saturated heterocycles. The lowest BCUT2D eigenvalue weighted by atomic mass is 10.0. The first kappa shape index (κ1) is 19.6. The van der Waals surface area contributed by atoms with E-state index in [1.54, 1.807) is 9.58 Å². The van der Waals surface area contributed by atoms with E-state index < -0.39 is 6.17 Å². The van der Waals surface area contributed by atoms with Crippen LogP contribution in [0, 0.1) is 0 Å². The van der Waals surface area contributed by atoms with Gasteiger partial charge in [0.15, 0.2) is 11.5 Å². The number of anilines is 1.